The van der Waals surface area contributed by atoms with Crippen molar-refractivity contribution in [2.75, 3.05) is 5.75 Å². The Labute approximate surface area is 150 Å². The number of hydrogen-bond donors (Lipinski definition) is 1. The van der Waals surface area contributed by atoms with Crippen molar-refractivity contribution < 1.29 is 18.3 Å². The van der Waals surface area contributed by atoms with Crippen molar-refractivity contribution in [3.05, 3.63) is 35.6 Å². The Hall–Kier alpha value is -1.63. The molecule has 1 N–H and O–H groups in total. The Bertz CT molecular complexity index is 705. The number of hydrogen-bond acceptors (Lipinski definition) is 4. The molecule has 0 aromatic heterocycles. The number of rotatable bonds is 1. The summed E-state index contributed by atoms with van der Waals surface area (Å²) in [6.45, 7) is 5.30. The molecule has 7 heteroatoms. The summed E-state index contributed by atoms with van der Waals surface area (Å²) in [5, 5.41) is 2.97. The minimum atomic E-state index is -1.03. The summed E-state index contributed by atoms with van der Waals surface area (Å²) >= 11 is 1.34. The first-order valence-electron chi connectivity index (χ1n) is 8.31. The summed E-state index contributed by atoms with van der Waals surface area (Å²) in [7, 11) is 0. The van der Waals surface area contributed by atoms with Gasteiger partial charge in [0.15, 0.2) is 5.17 Å². The van der Waals surface area contributed by atoms with E-state index in [-0.39, 0.29) is 12.3 Å². The van der Waals surface area contributed by atoms with Crippen LogP contribution < -0.4 is 5.32 Å². The molecule has 1 heterocycles. The van der Waals surface area contributed by atoms with Crippen LogP contribution in [0.1, 0.15) is 39.2 Å². The lowest BCUT2D eigenvalue weighted by atomic mass is 9.81. The predicted molar refractivity (Wildman–Crippen MR) is 95.0 cm³/mol. The van der Waals surface area contributed by atoms with Crippen LogP contribution in [0, 0.1) is 11.7 Å². The van der Waals surface area contributed by atoms with Crippen LogP contribution >= 0.6 is 11.8 Å². The summed E-state index contributed by atoms with van der Waals surface area (Å²) in [4.78, 5) is 16.6. The largest absolute Gasteiger partial charge is 0.444 e. The summed E-state index contributed by atoms with van der Waals surface area (Å²) in [6, 6.07) is 6.36. The number of alkyl halides is 1. The van der Waals surface area contributed by atoms with Gasteiger partial charge in [0.2, 0.25) is 0 Å². The van der Waals surface area contributed by atoms with E-state index in [1.807, 2.05) is 0 Å². The maximum absolute atomic E-state index is 14.4. The van der Waals surface area contributed by atoms with Crippen molar-refractivity contribution in [2.45, 2.75) is 50.9 Å². The molecule has 0 radical (unpaired) electrons. The summed E-state index contributed by atoms with van der Waals surface area (Å²) < 4.78 is 33.9. The zero-order valence-electron chi connectivity index (χ0n) is 14.5. The summed E-state index contributed by atoms with van der Waals surface area (Å²) in [5.41, 5.74) is -1.21. The number of carbonyl (C=O) groups excluding carboxylic acids is 1. The molecule has 2 aliphatic rings. The van der Waals surface area contributed by atoms with Crippen molar-refractivity contribution in [3.63, 3.8) is 0 Å². The molecule has 1 amide bonds. The monoisotopic (exact) mass is 368 g/mol. The number of amides is 1. The highest BCUT2D eigenvalue weighted by Crippen LogP contribution is 2.52. The molecule has 3 rings (SSSR count). The number of fused-ring (bicyclic) bond motifs is 1. The summed E-state index contributed by atoms with van der Waals surface area (Å²) in [5.74, 6) is 0.0751. The molecule has 4 nitrogen and oxygen atoms in total. The number of thioether (sulfide) groups is 1. The van der Waals surface area contributed by atoms with Crippen LogP contribution in [0.15, 0.2) is 29.3 Å². The maximum atomic E-state index is 14.4. The molecule has 136 valence electrons. The first-order chi connectivity index (χ1) is 11.7. The van der Waals surface area contributed by atoms with E-state index in [9.17, 15) is 13.6 Å². The van der Waals surface area contributed by atoms with Gasteiger partial charge in [0.1, 0.15) is 17.6 Å². The molecule has 1 aliphatic heterocycles. The highest BCUT2D eigenvalue weighted by molar-refractivity contribution is 8.13. The number of alkyl carbamates (subject to hydrolysis) is 1. The van der Waals surface area contributed by atoms with Gasteiger partial charge in [-0.1, -0.05) is 30.0 Å². The first-order valence-corrected chi connectivity index (χ1v) is 9.30. The third kappa shape index (κ3) is 3.81. The van der Waals surface area contributed by atoms with Gasteiger partial charge >= 0.3 is 6.09 Å². The maximum Gasteiger partial charge on any atom is 0.413 e. The third-order valence-electron chi connectivity index (χ3n) is 4.42. The minimum absolute atomic E-state index is 0.103. The Kier molecular flexibility index (Phi) is 4.79. The number of carbonyl (C=O) groups is 1. The molecule has 0 saturated heterocycles. The fourth-order valence-corrected chi connectivity index (χ4v) is 4.64. The molecule has 1 aromatic rings. The van der Waals surface area contributed by atoms with Crippen LogP contribution in [0.2, 0.25) is 0 Å². The van der Waals surface area contributed by atoms with Gasteiger partial charge in [0.25, 0.3) is 0 Å². The van der Waals surface area contributed by atoms with Gasteiger partial charge in [0.05, 0.1) is 5.54 Å². The van der Waals surface area contributed by atoms with Crippen molar-refractivity contribution in [1.29, 1.82) is 0 Å². The highest BCUT2D eigenvalue weighted by atomic mass is 32.2. The van der Waals surface area contributed by atoms with Crippen LogP contribution in [0.4, 0.5) is 13.6 Å². The topological polar surface area (TPSA) is 50.7 Å². The number of nitrogens with one attached hydrogen (secondary N) is 1. The fraction of sp³-hybridized carbons (Fsp3) is 0.556. The second-order valence-corrected chi connectivity index (χ2v) is 8.50. The molecule has 1 aliphatic carbocycles. The van der Waals surface area contributed by atoms with E-state index in [0.29, 0.717) is 22.9 Å². The molecule has 1 saturated carbocycles. The van der Waals surface area contributed by atoms with Crippen LogP contribution in [0.25, 0.3) is 0 Å². The van der Waals surface area contributed by atoms with Gasteiger partial charge in [-0.3, -0.25) is 10.3 Å². The molecule has 0 unspecified atom stereocenters. The van der Waals surface area contributed by atoms with Gasteiger partial charge < -0.3 is 4.74 Å². The van der Waals surface area contributed by atoms with Gasteiger partial charge in [-0.15, -0.1) is 0 Å². The van der Waals surface area contributed by atoms with E-state index in [1.54, 1.807) is 39.0 Å². The number of benzene rings is 1. The SMILES string of the molecule is CC(C)(C)OC(=O)NC1=N[C@@]2(c3ccccc3F)C[C@@H](F)C[C@H]2CS1. The fourth-order valence-electron chi connectivity index (χ4n) is 3.48. The second kappa shape index (κ2) is 6.59. The van der Waals surface area contributed by atoms with E-state index in [1.165, 1.54) is 17.8 Å². The zero-order chi connectivity index (χ0) is 18.2. The van der Waals surface area contributed by atoms with Crippen molar-refractivity contribution in [2.24, 2.45) is 10.9 Å². The Morgan fingerprint density at radius 2 is 2.12 bits per heavy atom. The second-order valence-electron chi connectivity index (χ2n) is 7.49. The molecule has 1 aromatic carbocycles. The lowest BCUT2D eigenvalue weighted by molar-refractivity contribution is 0.0564. The Balaban J connectivity index is 1.92. The smallest absolute Gasteiger partial charge is 0.413 e. The molecular formula is C18H22F2N2O2S. The van der Waals surface area contributed by atoms with E-state index in [4.69, 9.17) is 4.74 Å². The first kappa shape index (κ1) is 18.2. The number of halogens is 2. The molecule has 3 atom stereocenters. The third-order valence-corrected chi connectivity index (χ3v) is 5.45. The van der Waals surface area contributed by atoms with Crippen LogP contribution in [-0.4, -0.2) is 28.8 Å². The number of nitrogens with zero attached hydrogens (tertiary/aromatic N) is 1. The Morgan fingerprint density at radius 1 is 1.40 bits per heavy atom. The van der Waals surface area contributed by atoms with Crippen molar-refractivity contribution in [1.82, 2.24) is 5.32 Å². The van der Waals surface area contributed by atoms with E-state index in [0.717, 1.165) is 0 Å². The van der Waals surface area contributed by atoms with E-state index >= 15 is 0 Å². The predicted octanol–water partition coefficient (Wildman–Crippen LogP) is 4.40. The number of amidine groups is 1. The minimum Gasteiger partial charge on any atom is -0.444 e. The molecular weight excluding hydrogens is 346 g/mol. The van der Waals surface area contributed by atoms with Crippen molar-refractivity contribution in [3.8, 4) is 0 Å². The normalized spacial score (nSPS) is 28.9. The van der Waals surface area contributed by atoms with Crippen molar-refractivity contribution >= 4 is 23.0 Å². The quantitative estimate of drug-likeness (QED) is 0.799. The molecule has 25 heavy (non-hydrogen) atoms. The highest BCUT2D eigenvalue weighted by Gasteiger charge is 2.52. The zero-order valence-corrected chi connectivity index (χ0v) is 15.3. The summed E-state index contributed by atoms with van der Waals surface area (Å²) in [6.07, 6.45) is -1.17. The van der Waals surface area contributed by atoms with Gasteiger partial charge in [0, 0.05) is 23.7 Å². The van der Waals surface area contributed by atoms with Gasteiger partial charge in [-0.25, -0.2) is 13.6 Å². The molecule has 1 fully saturated rings. The molecule has 0 spiro atoms. The lowest BCUT2D eigenvalue weighted by Crippen LogP contribution is -2.42. The van der Waals surface area contributed by atoms with E-state index in [2.05, 4.69) is 10.3 Å². The standard InChI is InChI=1S/C18H22F2N2O2S/c1-17(2,3)24-16(23)21-15-22-18(13-6-4-5-7-14(13)20)9-12(19)8-11(18)10-25-15/h4-7,11-12H,8-10H2,1-3H3,(H,21,22,23)/t11-,12-,18-/m0/s1. The average molecular weight is 368 g/mol. The van der Waals surface area contributed by atoms with Crippen LogP contribution in [-0.2, 0) is 10.3 Å². The molecule has 0 bridgehead atoms. The van der Waals surface area contributed by atoms with Crippen LogP contribution in [0.5, 0.6) is 0 Å². The van der Waals surface area contributed by atoms with Crippen LogP contribution in [0.3, 0.4) is 0 Å². The Morgan fingerprint density at radius 3 is 2.80 bits per heavy atom. The number of aliphatic imine (C=N–C) groups is 1. The average Bonchev–Trinajstić information content (AvgIpc) is 2.81. The van der Waals surface area contributed by atoms with E-state index < -0.39 is 29.2 Å². The number of ether oxygens (including phenoxy) is 1. The van der Waals surface area contributed by atoms with Gasteiger partial charge in [-0.05, 0) is 33.3 Å². The lowest BCUT2D eigenvalue weighted by Gasteiger charge is -2.36. The van der Waals surface area contributed by atoms with Gasteiger partial charge in [-0.2, -0.15) is 0 Å².